The zero-order valence-corrected chi connectivity index (χ0v) is 35.8. The highest BCUT2D eigenvalue weighted by molar-refractivity contribution is 7.99. The van der Waals surface area contributed by atoms with E-state index in [2.05, 4.69) is 121 Å². The molecule has 4 N–H and O–H groups in total. The van der Waals surface area contributed by atoms with E-state index in [9.17, 15) is 20.4 Å². The van der Waals surface area contributed by atoms with Gasteiger partial charge in [-0.05, 0) is 105 Å². The molecule has 0 aromatic heterocycles. The molecule has 52 heavy (non-hydrogen) atoms. The van der Waals surface area contributed by atoms with E-state index in [-0.39, 0.29) is 21.7 Å². The summed E-state index contributed by atoms with van der Waals surface area (Å²) in [5, 5.41) is 43.5. The second kappa shape index (κ2) is 15.8. The molecular formula is C47H66O4S. The number of aryl methyl sites for hydroxylation is 4. The van der Waals surface area contributed by atoms with Gasteiger partial charge in [0.25, 0.3) is 0 Å². The largest absolute Gasteiger partial charge is 0.507 e. The van der Waals surface area contributed by atoms with Crippen molar-refractivity contribution in [1.29, 1.82) is 0 Å². The number of phenolic OH excluding ortho intramolecular Hbond substituents is 4. The number of hydrogen-bond acceptors (Lipinski definition) is 5. The summed E-state index contributed by atoms with van der Waals surface area (Å²) in [4.78, 5) is 1.57. The monoisotopic (exact) mass is 726 g/mol. The van der Waals surface area contributed by atoms with Crippen LogP contribution in [-0.4, -0.2) is 20.4 Å². The van der Waals surface area contributed by atoms with E-state index in [0.29, 0.717) is 29.4 Å². The van der Waals surface area contributed by atoms with Crippen molar-refractivity contribution < 1.29 is 20.4 Å². The van der Waals surface area contributed by atoms with Gasteiger partial charge in [-0.2, -0.15) is 0 Å². The number of benzene rings is 4. The fraction of sp³-hybridized carbons (Fsp3) is 0.489. The lowest BCUT2D eigenvalue weighted by atomic mass is 9.81. The topological polar surface area (TPSA) is 80.9 Å². The molecule has 0 unspecified atom stereocenters. The summed E-state index contributed by atoms with van der Waals surface area (Å²) in [5.41, 5.74) is 9.68. The van der Waals surface area contributed by atoms with Crippen molar-refractivity contribution in [3.8, 4) is 23.0 Å². The molecular weight excluding hydrogens is 661 g/mol. The first-order valence-electron chi connectivity index (χ1n) is 18.7. The smallest absolute Gasteiger partial charge is 0.133 e. The van der Waals surface area contributed by atoms with E-state index in [4.69, 9.17) is 0 Å². The average molecular weight is 727 g/mol. The van der Waals surface area contributed by atoms with Gasteiger partial charge in [-0.1, -0.05) is 145 Å². The maximum atomic E-state index is 11.0. The van der Waals surface area contributed by atoms with Crippen LogP contribution in [0.25, 0.3) is 0 Å². The highest BCUT2D eigenvalue weighted by atomic mass is 32.2. The third-order valence-electron chi connectivity index (χ3n) is 9.59. The van der Waals surface area contributed by atoms with Crippen LogP contribution in [0.4, 0.5) is 0 Å². The Morgan fingerprint density at radius 2 is 0.712 bits per heavy atom. The van der Waals surface area contributed by atoms with Crippen molar-refractivity contribution in [3.63, 3.8) is 0 Å². The number of aromatic hydroxyl groups is 4. The zero-order valence-electron chi connectivity index (χ0n) is 34.9. The molecule has 0 saturated carbocycles. The van der Waals surface area contributed by atoms with Gasteiger partial charge in [0.05, 0.1) is 9.79 Å². The van der Waals surface area contributed by atoms with Gasteiger partial charge in [-0.25, -0.2) is 0 Å². The molecule has 0 bridgehead atoms. The molecule has 5 heteroatoms. The van der Waals surface area contributed by atoms with Crippen molar-refractivity contribution in [3.05, 3.63) is 104 Å². The standard InChI is InChI=1S/C25H36O2.C22H30O2S/c1-9-16-11-18(22(26)20(13-16)24(3,4)5)15-19-12-17(10-2)14-21(23(19)27)25(6,7)8;1-13-9-15(21(3,4)5)19(23)17(11-13)25-18-12-14(2)10-16(20(18)24)22(6,7)8/h11-14,26-27H,9-10,15H2,1-8H3;9-12,23-24H,1-8H3. The summed E-state index contributed by atoms with van der Waals surface area (Å²) in [6, 6.07) is 16.4. The Morgan fingerprint density at radius 3 is 0.981 bits per heavy atom. The normalized spacial score (nSPS) is 12.5. The molecule has 0 radical (unpaired) electrons. The minimum absolute atomic E-state index is 0.131. The summed E-state index contributed by atoms with van der Waals surface area (Å²) in [6.07, 6.45) is 2.38. The highest BCUT2D eigenvalue weighted by Gasteiger charge is 2.26. The molecule has 0 spiro atoms. The van der Waals surface area contributed by atoms with Gasteiger partial charge in [0.2, 0.25) is 0 Å². The number of rotatable bonds is 6. The van der Waals surface area contributed by atoms with E-state index >= 15 is 0 Å². The van der Waals surface area contributed by atoms with Gasteiger partial charge < -0.3 is 20.4 Å². The molecule has 4 aromatic carbocycles. The van der Waals surface area contributed by atoms with Gasteiger partial charge in [0, 0.05) is 17.5 Å². The maximum absolute atomic E-state index is 11.0. The molecule has 0 heterocycles. The Labute approximate surface area is 319 Å². The lowest BCUT2D eigenvalue weighted by Gasteiger charge is -2.25. The van der Waals surface area contributed by atoms with Crippen molar-refractivity contribution in [1.82, 2.24) is 0 Å². The van der Waals surface area contributed by atoms with E-state index in [1.54, 1.807) is 0 Å². The van der Waals surface area contributed by atoms with Crippen LogP contribution in [-0.2, 0) is 40.9 Å². The molecule has 0 aliphatic heterocycles. The summed E-state index contributed by atoms with van der Waals surface area (Å²) < 4.78 is 0. The molecule has 0 saturated heterocycles. The molecule has 4 aromatic rings. The summed E-state index contributed by atoms with van der Waals surface area (Å²) in [7, 11) is 0. The molecule has 4 nitrogen and oxygen atoms in total. The number of phenols is 4. The fourth-order valence-electron chi connectivity index (χ4n) is 6.46. The van der Waals surface area contributed by atoms with E-state index < -0.39 is 0 Å². The Bertz CT molecular complexity index is 1750. The van der Waals surface area contributed by atoms with Crippen molar-refractivity contribution >= 4 is 11.8 Å². The minimum Gasteiger partial charge on any atom is -0.507 e. The predicted octanol–water partition coefficient (Wildman–Crippen LogP) is 12.9. The third kappa shape index (κ3) is 10.3. The van der Waals surface area contributed by atoms with E-state index in [1.807, 2.05) is 38.1 Å². The van der Waals surface area contributed by atoms with Crippen LogP contribution in [0.1, 0.15) is 153 Å². The van der Waals surface area contributed by atoms with Gasteiger partial charge >= 0.3 is 0 Å². The average Bonchev–Trinajstić information content (AvgIpc) is 3.00. The van der Waals surface area contributed by atoms with Crippen LogP contribution in [0.5, 0.6) is 23.0 Å². The lowest BCUT2D eigenvalue weighted by molar-refractivity contribution is 0.431. The Balaban J connectivity index is 0.000000281. The van der Waals surface area contributed by atoms with Crippen molar-refractivity contribution in [2.24, 2.45) is 0 Å². The zero-order chi connectivity index (χ0) is 39.7. The maximum Gasteiger partial charge on any atom is 0.133 e. The quantitative estimate of drug-likeness (QED) is 0.159. The van der Waals surface area contributed by atoms with Crippen molar-refractivity contribution in [2.45, 2.75) is 161 Å². The molecule has 4 rings (SSSR count). The SMILES string of the molecule is CCc1cc(Cc2cc(CC)cc(C(C)(C)C)c2O)c(O)c(C(C)(C)C)c1.Cc1cc(Sc2cc(C)cc(C(C)(C)C)c2O)c(O)c(C(C)(C)C)c1. The molecule has 284 valence electrons. The van der Waals surface area contributed by atoms with Gasteiger partial charge in [0.1, 0.15) is 23.0 Å². The van der Waals surface area contributed by atoms with E-state index in [0.717, 1.165) is 67.1 Å². The first-order chi connectivity index (χ1) is 23.7. The highest BCUT2D eigenvalue weighted by Crippen LogP contribution is 2.47. The molecule has 0 fully saturated rings. The number of hydrogen-bond donors (Lipinski definition) is 4. The van der Waals surface area contributed by atoms with Crippen molar-refractivity contribution in [2.75, 3.05) is 0 Å². The molecule has 0 atom stereocenters. The van der Waals surface area contributed by atoms with Crippen LogP contribution in [0.2, 0.25) is 0 Å². The Morgan fingerprint density at radius 1 is 0.423 bits per heavy atom. The van der Waals surface area contributed by atoms with Gasteiger partial charge in [0.15, 0.2) is 0 Å². The summed E-state index contributed by atoms with van der Waals surface area (Å²) in [5.74, 6) is 1.33. The van der Waals surface area contributed by atoms with Crippen LogP contribution >= 0.6 is 11.8 Å². The summed E-state index contributed by atoms with van der Waals surface area (Å²) >= 11 is 1.43. The van der Waals surface area contributed by atoms with Gasteiger partial charge in [-0.3, -0.25) is 0 Å². The Hall–Kier alpha value is -3.57. The second-order valence-corrected chi connectivity index (χ2v) is 19.7. The van der Waals surface area contributed by atoms with E-state index in [1.165, 1.54) is 22.9 Å². The second-order valence-electron chi connectivity index (χ2n) is 18.6. The van der Waals surface area contributed by atoms with Crippen LogP contribution in [0.3, 0.4) is 0 Å². The fourth-order valence-corrected chi connectivity index (χ4v) is 7.60. The minimum atomic E-state index is -0.142. The predicted molar refractivity (Wildman–Crippen MR) is 222 cm³/mol. The first kappa shape index (κ1) is 42.8. The molecule has 0 aliphatic carbocycles. The summed E-state index contributed by atoms with van der Waals surface area (Å²) in [6.45, 7) is 33.7. The lowest BCUT2D eigenvalue weighted by Crippen LogP contribution is -2.14. The van der Waals surface area contributed by atoms with Crippen LogP contribution in [0, 0.1) is 13.8 Å². The first-order valence-corrected chi connectivity index (χ1v) is 19.6. The Kier molecular flexibility index (Phi) is 13.0. The molecule has 0 amide bonds. The van der Waals surface area contributed by atoms with Crippen LogP contribution in [0.15, 0.2) is 58.3 Å². The van der Waals surface area contributed by atoms with Gasteiger partial charge in [-0.15, -0.1) is 0 Å². The van der Waals surface area contributed by atoms with Crippen LogP contribution < -0.4 is 0 Å². The molecule has 0 aliphatic rings. The third-order valence-corrected chi connectivity index (χ3v) is 10.6.